The molecule has 1 fully saturated rings. The zero-order valence-corrected chi connectivity index (χ0v) is 10.2. The molecule has 0 aromatic rings. The molecule has 1 saturated heterocycles. The summed E-state index contributed by atoms with van der Waals surface area (Å²) in [5.41, 5.74) is 0. The molecule has 4 heteroatoms. The van der Waals surface area contributed by atoms with Gasteiger partial charge in [0.05, 0.1) is 6.61 Å². The van der Waals surface area contributed by atoms with Crippen molar-refractivity contribution in [3.63, 3.8) is 0 Å². The fraction of sp³-hybridized carbons (Fsp3) is 1.00. The summed E-state index contributed by atoms with van der Waals surface area (Å²) >= 11 is 0. The molecule has 90 valence electrons. The van der Waals surface area contributed by atoms with E-state index in [1.807, 2.05) is 7.05 Å². The number of aliphatic hydroxyl groups is 1. The molecule has 0 saturated carbocycles. The highest BCUT2D eigenvalue weighted by Crippen LogP contribution is 2.08. The predicted octanol–water partition coefficient (Wildman–Crippen LogP) is -0.407. The summed E-state index contributed by atoms with van der Waals surface area (Å²) in [5.74, 6) is 0. The van der Waals surface area contributed by atoms with E-state index in [4.69, 9.17) is 5.11 Å². The monoisotopic (exact) mass is 215 g/mol. The SMILES string of the molecule is CNC(CO)CN1CCCN(C)CC1C. The minimum absolute atomic E-state index is 0.204. The predicted molar refractivity (Wildman–Crippen MR) is 63.1 cm³/mol. The van der Waals surface area contributed by atoms with Crippen LogP contribution in [0.25, 0.3) is 0 Å². The quantitative estimate of drug-likeness (QED) is 0.669. The Morgan fingerprint density at radius 3 is 2.80 bits per heavy atom. The van der Waals surface area contributed by atoms with E-state index in [2.05, 4.69) is 29.1 Å². The van der Waals surface area contributed by atoms with Gasteiger partial charge in [0.25, 0.3) is 0 Å². The number of hydrogen-bond acceptors (Lipinski definition) is 4. The van der Waals surface area contributed by atoms with Crippen LogP contribution in [0.15, 0.2) is 0 Å². The summed E-state index contributed by atoms with van der Waals surface area (Å²) in [7, 11) is 4.09. The Labute approximate surface area is 93.2 Å². The topological polar surface area (TPSA) is 38.7 Å². The lowest BCUT2D eigenvalue weighted by atomic mass is 10.2. The second kappa shape index (κ2) is 6.43. The zero-order valence-electron chi connectivity index (χ0n) is 10.2. The second-order valence-electron chi connectivity index (χ2n) is 4.63. The number of hydrogen-bond donors (Lipinski definition) is 2. The van der Waals surface area contributed by atoms with E-state index in [-0.39, 0.29) is 12.6 Å². The highest BCUT2D eigenvalue weighted by molar-refractivity contribution is 4.79. The first-order valence-electron chi connectivity index (χ1n) is 5.88. The van der Waals surface area contributed by atoms with Crippen molar-refractivity contribution < 1.29 is 5.11 Å². The second-order valence-corrected chi connectivity index (χ2v) is 4.63. The fourth-order valence-corrected chi connectivity index (χ4v) is 2.22. The Morgan fingerprint density at radius 1 is 1.47 bits per heavy atom. The maximum absolute atomic E-state index is 9.17. The molecule has 15 heavy (non-hydrogen) atoms. The highest BCUT2D eigenvalue weighted by atomic mass is 16.3. The van der Waals surface area contributed by atoms with Gasteiger partial charge in [-0.05, 0) is 40.5 Å². The van der Waals surface area contributed by atoms with Crippen molar-refractivity contribution in [2.45, 2.75) is 25.4 Å². The molecule has 2 unspecified atom stereocenters. The maximum atomic E-state index is 9.17. The summed E-state index contributed by atoms with van der Waals surface area (Å²) < 4.78 is 0. The smallest absolute Gasteiger partial charge is 0.0597 e. The van der Waals surface area contributed by atoms with Crippen molar-refractivity contribution in [2.24, 2.45) is 0 Å². The van der Waals surface area contributed by atoms with Crippen LogP contribution in [-0.4, -0.2) is 73.9 Å². The summed E-state index contributed by atoms with van der Waals surface area (Å²) in [5, 5.41) is 12.3. The molecule has 0 aromatic carbocycles. The standard InChI is InChI=1S/C11H25N3O/c1-10-7-13(3)5-4-6-14(10)8-11(9-15)12-2/h10-12,15H,4-9H2,1-3H3. The molecule has 1 aliphatic heterocycles. The highest BCUT2D eigenvalue weighted by Gasteiger charge is 2.21. The van der Waals surface area contributed by atoms with E-state index in [1.165, 1.54) is 13.0 Å². The largest absolute Gasteiger partial charge is 0.395 e. The van der Waals surface area contributed by atoms with Crippen LogP contribution in [0, 0.1) is 0 Å². The van der Waals surface area contributed by atoms with E-state index < -0.39 is 0 Å². The van der Waals surface area contributed by atoms with Gasteiger partial charge in [0, 0.05) is 25.2 Å². The molecule has 1 aliphatic rings. The molecule has 4 nitrogen and oxygen atoms in total. The van der Waals surface area contributed by atoms with E-state index in [0.29, 0.717) is 6.04 Å². The third kappa shape index (κ3) is 4.07. The Kier molecular flexibility index (Phi) is 5.53. The van der Waals surface area contributed by atoms with Gasteiger partial charge in [-0.2, -0.15) is 0 Å². The first-order chi connectivity index (χ1) is 7.17. The van der Waals surface area contributed by atoms with Gasteiger partial charge in [0.2, 0.25) is 0 Å². The van der Waals surface area contributed by atoms with E-state index in [1.54, 1.807) is 0 Å². The maximum Gasteiger partial charge on any atom is 0.0597 e. The molecule has 0 amide bonds. The fourth-order valence-electron chi connectivity index (χ4n) is 2.22. The number of likely N-dealkylation sites (N-methyl/N-ethyl adjacent to an activating group) is 2. The molecular weight excluding hydrogens is 190 g/mol. The Bertz CT molecular complexity index is 173. The molecule has 2 atom stereocenters. The van der Waals surface area contributed by atoms with E-state index >= 15 is 0 Å². The van der Waals surface area contributed by atoms with Crippen LogP contribution in [-0.2, 0) is 0 Å². The average Bonchev–Trinajstić information content (AvgIpc) is 2.36. The molecular formula is C11H25N3O. The minimum Gasteiger partial charge on any atom is -0.395 e. The summed E-state index contributed by atoms with van der Waals surface area (Å²) in [6, 6.07) is 0.788. The molecule has 0 aromatic heterocycles. The number of aliphatic hydroxyl groups excluding tert-OH is 1. The van der Waals surface area contributed by atoms with E-state index in [9.17, 15) is 0 Å². The van der Waals surface area contributed by atoms with Crippen LogP contribution in [0.4, 0.5) is 0 Å². The Balaban J connectivity index is 2.44. The van der Waals surface area contributed by atoms with Gasteiger partial charge in [0.1, 0.15) is 0 Å². The first-order valence-corrected chi connectivity index (χ1v) is 5.88. The van der Waals surface area contributed by atoms with Gasteiger partial charge in [-0.1, -0.05) is 0 Å². The van der Waals surface area contributed by atoms with Crippen LogP contribution in [0.2, 0.25) is 0 Å². The van der Waals surface area contributed by atoms with Gasteiger partial charge in [0.15, 0.2) is 0 Å². The van der Waals surface area contributed by atoms with Crippen molar-refractivity contribution in [2.75, 3.05) is 46.9 Å². The number of nitrogens with zero attached hydrogens (tertiary/aromatic N) is 2. The number of nitrogens with one attached hydrogen (secondary N) is 1. The third-order valence-corrected chi connectivity index (χ3v) is 3.27. The van der Waals surface area contributed by atoms with Crippen molar-refractivity contribution >= 4 is 0 Å². The van der Waals surface area contributed by atoms with Crippen LogP contribution in [0.1, 0.15) is 13.3 Å². The zero-order chi connectivity index (χ0) is 11.3. The third-order valence-electron chi connectivity index (χ3n) is 3.27. The summed E-state index contributed by atoms with van der Waals surface area (Å²) in [6.45, 7) is 6.89. The van der Waals surface area contributed by atoms with Crippen LogP contribution in [0.5, 0.6) is 0 Å². The molecule has 0 spiro atoms. The van der Waals surface area contributed by atoms with Crippen molar-refractivity contribution in [3.8, 4) is 0 Å². The molecule has 0 bridgehead atoms. The Morgan fingerprint density at radius 2 is 2.20 bits per heavy atom. The molecule has 0 radical (unpaired) electrons. The van der Waals surface area contributed by atoms with Gasteiger partial charge in [-0.3, -0.25) is 4.90 Å². The first kappa shape index (κ1) is 12.9. The normalized spacial score (nSPS) is 27.6. The molecule has 0 aliphatic carbocycles. The summed E-state index contributed by atoms with van der Waals surface area (Å²) in [6.07, 6.45) is 1.22. The summed E-state index contributed by atoms with van der Waals surface area (Å²) in [4.78, 5) is 4.86. The molecule has 1 rings (SSSR count). The lowest BCUT2D eigenvalue weighted by molar-refractivity contribution is 0.153. The van der Waals surface area contributed by atoms with Crippen LogP contribution >= 0.6 is 0 Å². The van der Waals surface area contributed by atoms with Crippen LogP contribution in [0.3, 0.4) is 0 Å². The van der Waals surface area contributed by atoms with Gasteiger partial charge in [-0.25, -0.2) is 0 Å². The van der Waals surface area contributed by atoms with Crippen molar-refractivity contribution in [3.05, 3.63) is 0 Å². The minimum atomic E-state index is 0.204. The van der Waals surface area contributed by atoms with Crippen molar-refractivity contribution in [1.29, 1.82) is 0 Å². The van der Waals surface area contributed by atoms with Gasteiger partial charge >= 0.3 is 0 Å². The average molecular weight is 215 g/mol. The van der Waals surface area contributed by atoms with Crippen molar-refractivity contribution in [1.82, 2.24) is 15.1 Å². The van der Waals surface area contributed by atoms with E-state index in [0.717, 1.165) is 19.6 Å². The lowest BCUT2D eigenvalue weighted by Crippen LogP contribution is -2.46. The molecule has 2 N–H and O–H groups in total. The lowest BCUT2D eigenvalue weighted by Gasteiger charge is -2.30. The number of rotatable bonds is 4. The van der Waals surface area contributed by atoms with Crippen LogP contribution < -0.4 is 5.32 Å². The van der Waals surface area contributed by atoms with Gasteiger partial charge < -0.3 is 15.3 Å². The Hall–Kier alpha value is -0.160. The molecule has 1 heterocycles. The van der Waals surface area contributed by atoms with Gasteiger partial charge in [-0.15, -0.1) is 0 Å².